The highest BCUT2D eigenvalue weighted by Crippen LogP contribution is 2.49. The number of methoxy groups -OCH3 is 1. The van der Waals surface area contributed by atoms with Gasteiger partial charge in [0.1, 0.15) is 17.6 Å². The van der Waals surface area contributed by atoms with Crippen molar-refractivity contribution >= 4 is 17.0 Å². The van der Waals surface area contributed by atoms with Crippen molar-refractivity contribution in [3.63, 3.8) is 0 Å². The molecule has 6 rings (SSSR count). The molecule has 11 heteroatoms. The van der Waals surface area contributed by atoms with E-state index in [0.717, 1.165) is 54.1 Å². The summed E-state index contributed by atoms with van der Waals surface area (Å²) in [6.07, 6.45) is 3.44. The molecule has 1 saturated heterocycles. The summed E-state index contributed by atoms with van der Waals surface area (Å²) >= 11 is 0. The number of ether oxygens (including phenoxy) is 3. The molecule has 1 fully saturated rings. The third-order valence-electron chi connectivity index (χ3n) is 8.05. The van der Waals surface area contributed by atoms with Crippen LogP contribution >= 0.6 is 0 Å². The lowest BCUT2D eigenvalue weighted by Gasteiger charge is -2.32. The second-order valence-electron chi connectivity index (χ2n) is 10.7. The first-order valence-corrected chi connectivity index (χ1v) is 14.9. The quantitative estimate of drug-likeness (QED) is 0.275. The number of piperidine rings is 1. The summed E-state index contributed by atoms with van der Waals surface area (Å²) in [5.41, 5.74) is 4.26. The average Bonchev–Trinajstić information content (AvgIpc) is 3.61. The van der Waals surface area contributed by atoms with Crippen LogP contribution in [0.25, 0.3) is 11.0 Å². The first kappa shape index (κ1) is 30.9. The molecule has 1 atom stereocenters. The van der Waals surface area contributed by atoms with Crippen molar-refractivity contribution in [2.24, 2.45) is 5.90 Å². The van der Waals surface area contributed by atoms with Crippen LogP contribution in [0.3, 0.4) is 0 Å². The molecule has 230 valence electrons. The molecular formula is C33H38N6O5. The molecule has 0 saturated carbocycles. The van der Waals surface area contributed by atoms with Crippen molar-refractivity contribution in [3.8, 4) is 17.6 Å². The number of rotatable bonds is 8. The second kappa shape index (κ2) is 13.4. The molecule has 2 N–H and O–H groups in total. The summed E-state index contributed by atoms with van der Waals surface area (Å²) in [7, 11) is 1.67. The number of aromatic nitrogens is 3. The van der Waals surface area contributed by atoms with Gasteiger partial charge in [-0.3, -0.25) is 9.88 Å². The molecule has 0 bridgehead atoms. The number of benzene rings is 2. The van der Waals surface area contributed by atoms with E-state index in [1.807, 2.05) is 39.0 Å². The number of carbonyl (C=O) groups is 1. The van der Waals surface area contributed by atoms with Crippen molar-refractivity contribution in [2.75, 3.05) is 26.8 Å². The minimum atomic E-state index is -1.06. The van der Waals surface area contributed by atoms with Gasteiger partial charge in [0.2, 0.25) is 0 Å². The monoisotopic (exact) mass is 598 g/mol. The number of carbonyl (C=O) groups excluding carboxylic acids is 1. The topological polar surface area (TPSA) is 138 Å². The predicted octanol–water partition coefficient (Wildman–Crippen LogP) is 5.03. The number of nitrogens with zero attached hydrogens (tertiary/aromatic N) is 5. The molecule has 2 aromatic heterocycles. The van der Waals surface area contributed by atoms with Gasteiger partial charge >= 0.3 is 5.97 Å². The van der Waals surface area contributed by atoms with E-state index in [1.54, 1.807) is 31.4 Å². The Labute approximate surface area is 257 Å². The number of nitrogens with two attached hydrogens (primary N) is 1. The molecule has 2 aliphatic heterocycles. The smallest absolute Gasteiger partial charge is 0.356 e. The Balaban J connectivity index is 0.00000188. The molecule has 1 unspecified atom stereocenters. The highest BCUT2D eigenvalue weighted by Gasteiger charge is 2.42. The van der Waals surface area contributed by atoms with Gasteiger partial charge in [-0.2, -0.15) is 11.2 Å². The van der Waals surface area contributed by atoms with Crippen LogP contribution in [0, 0.1) is 11.3 Å². The van der Waals surface area contributed by atoms with Gasteiger partial charge < -0.3 is 23.6 Å². The Morgan fingerprint density at radius 3 is 2.64 bits per heavy atom. The number of nitriles is 1. The zero-order valence-electron chi connectivity index (χ0n) is 25.6. The van der Waals surface area contributed by atoms with E-state index in [4.69, 9.17) is 30.4 Å². The highest BCUT2D eigenvalue weighted by atomic mass is 16.7. The number of hydrogen-bond donors (Lipinski definition) is 1. The van der Waals surface area contributed by atoms with Crippen molar-refractivity contribution in [1.29, 1.82) is 5.26 Å². The molecule has 0 radical (unpaired) electrons. The van der Waals surface area contributed by atoms with E-state index in [0.29, 0.717) is 48.2 Å². The summed E-state index contributed by atoms with van der Waals surface area (Å²) in [4.78, 5) is 28.1. The summed E-state index contributed by atoms with van der Waals surface area (Å²) in [6, 6.07) is 16.9. The normalized spacial score (nSPS) is 18.0. The van der Waals surface area contributed by atoms with E-state index < -0.39 is 11.8 Å². The van der Waals surface area contributed by atoms with Crippen LogP contribution in [0.2, 0.25) is 0 Å². The van der Waals surface area contributed by atoms with Crippen LogP contribution in [0.5, 0.6) is 11.5 Å². The largest absolute Gasteiger partial charge is 0.443 e. The lowest BCUT2D eigenvalue weighted by Crippen LogP contribution is -2.34. The molecule has 4 aromatic rings. The summed E-state index contributed by atoms with van der Waals surface area (Å²) in [5.74, 6) is 6.15. The Morgan fingerprint density at radius 1 is 1.16 bits per heavy atom. The fourth-order valence-corrected chi connectivity index (χ4v) is 5.82. The third-order valence-corrected chi connectivity index (χ3v) is 8.05. The Morgan fingerprint density at radius 2 is 1.95 bits per heavy atom. The van der Waals surface area contributed by atoms with Gasteiger partial charge in [-0.1, -0.05) is 26.0 Å². The summed E-state index contributed by atoms with van der Waals surface area (Å²) < 4.78 is 20.1. The zero-order valence-corrected chi connectivity index (χ0v) is 25.6. The van der Waals surface area contributed by atoms with Gasteiger partial charge in [-0.15, -0.1) is 0 Å². The van der Waals surface area contributed by atoms with Crippen LogP contribution in [0.15, 0.2) is 54.7 Å². The van der Waals surface area contributed by atoms with Gasteiger partial charge in [0.25, 0.3) is 5.79 Å². The molecule has 4 heterocycles. The SMILES string of the molecule is CC.COCCn1c(CN2CCC(c3cccc4c3OC(C)(c3ccc(C#N)cn3)O4)CC2)nc2ccc(C(=O)ON)cc21. The van der Waals surface area contributed by atoms with Crippen LogP contribution in [-0.2, 0) is 28.5 Å². The van der Waals surface area contributed by atoms with Crippen molar-refractivity contribution < 1.29 is 23.8 Å². The maximum Gasteiger partial charge on any atom is 0.356 e. The van der Waals surface area contributed by atoms with Gasteiger partial charge in [0.15, 0.2) is 11.5 Å². The first-order chi connectivity index (χ1) is 21.4. The number of fused-ring (bicyclic) bond motifs is 2. The number of hydrogen-bond acceptors (Lipinski definition) is 10. The van der Waals surface area contributed by atoms with E-state index in [2.05, 4.69) is 31.4 Å². The fourth-order valence-electron chi connectivity index (χ4n) is 5.82. The minimum absolute atomic E-state index is 0.313. The first-order valence-electron chi connectivity index (χ1n) is 14.9. The standard InChI is InChI=1S/C31H32N6O5.C2H6/c1-31(27-9-6-20(17-32)18-34-27)40-26-5-3-4-23(29(26)41-31)21-10-12-36(13-11-21)19-28-35-24-8-7-22(30(38)42-33)16-25(24)37(28)14-15-39-2;1-2/h3-9,16,18,21H,10-15,19,33H2,1-2H3;1-2H3. The van der Waals surface area contributed by atoms with Crippen molar-refractivity contribution in [1.82, 2.24) is 19.4 Å². The second-order valence-corrected chi connectivity index (χ2v) is 10.7. The van der Waals surface area contributed by atoms with Gasteiger partial charge in [0, 0.05) is 32.3 Å². The molecule has 2 aromatic carbocycles. The Bertz CT molecular complexity index is 1660. The molecule has 11 nitrogen and oxygen atoms in total. The van der Waals surface area contributed by atoms with Crippen LogP contribution < -0.4 is 15.4 Å². The van der Waals surface area contributed by atoms with Crippen molar-refractivity contribution in [3.05, 3.63) is 82.9 Å². The lowest BCUT2D eigenvalue weighted by molar-refractivity contribution is -0.0722. The predicted molar refractivity (Wildman–Crippen MR) is 164 cm³/mol. The van der Waals surface area contributed by atoms with Crippen LogP contribution in [-0.4, -0.2) is 52.2 Å². The van der Waals surface area contributed by atoms with E-state index in [-0.39, 0.29) is 0 Å². The van der Waals surface area contributed by atoms with E-state index >= 15 is 0 Å². The number of likely N-dealkylation sites (tertiary alicyclic amines) is 1. The average molecular weight is 599 g/mol. The van der Waals surface area contributed by atoms with Crippen LogP contribution in [0.4, 0.5) is 0 Å². The van der Waals surface area contributed by atoms with Crippen molar-refractivity contribution in [2.45, 2.75) is 58.4 Å². The summed E-state index contributed by atoms with van der Waals surface area (Å²) in [5, 5.41) is 9.11. The van der Waals surface area contributed by atoms with Gasteiger partial charge in [-0.05, 0) is 68.2 Å². The molecule has 44 heavy (non-hydrogen) atoms. The molecule has 2 aliphatic rings. The molecule has 0 spiro atoms. The van der Waals surface area contributed by atoms with Crippen LogP contribution in [0.1, 0.15) is 72.5 Å². The Kier molecular flexibility index (Phi) is 9.44. The number of para-hydroxylation sites is 1. The maximum atomic E-state index is 12.0. The lowest BCUT2D eigenvalue weighted by atomic mass is 9.88. The van der Waals surface area contributed by atoms with E-state index in [1.165, 1.54) is 6.20 Å². The molecule has 0 aliphatic carbocycles. The number of imidazole rings is 1. The van der Waals surface area contributed by atoms with E-state index in [9.17, 15) is 4.79 Å². The molecular weight excluding hydrogens is 560 g/mol. The maximum absolute atomic E-state index is 12.0. The highest BCUT2D eigenvalue weighted by molar-refractivity contribution is 5.93. The molecule has 0 amide bonds. The minimum Gasteiger partial charge on any atom is -0.443 e. The number of pyridine rings is 1. The van der Waals surface area contributed by atoms with Gasteiger partial charge in [-0.25, -0.2) is 9.78 Å². The van der Waals surface area contributed by atoms with Gasteiger partial charge in [0.05, 0.1) is 35.3 Å². The fraction of sp³-hybridized carbons (Fsp3) is 0.394. The Hall–Kier alpha value is -4.50. The zero-order chi connectivity index (χ0) is 31.3. The summed E-state index contributed by atoms with van der Waals surface area (Å²) in [6.45, 7) is 9.44. The third kappa shape index (κ3) is 6.10.